The molecule has 0 aliphatic rings. The molecule has 0 aromatic rings. The molecule has 3 heteroatoms. The van der Waals surface area contributed by atoms with E-state index in [1.165, 1.54) is 0 Å². The van der Waals surface area contributed by atoms with Gasteiger partial charge in [-0.3, -0.25) is 0 Å². The summed E-state index contributed by atoms with van der Waals surface area (Å²) in [6.07, 6.45) is 0. The summed E-state index contributed by atoms with van der Waals surface area (Å²) in [6, 6.07) is 0. The van der Waals surface area contributed by atoms with Crippen molar-refractivity contribution in [2.75, 3.05) is 19.6 Å². The lowest BCUT2D eigenvalue weighted by Gasteiger charge is -1.72. The van der Waals surface area contributed by atoms with Gasteiger partial charge in [0.05, 0.1) is 0 Å². The van der Waals surface area contributed by atoms with E-state index < -0.39 is 0 Å². The first-order valence-corrected chi connectivity index (χ1v) is 2.43. The number of hydrogen-bond acceptors (Lipinski definition) is 3. The standard InChI is InChI=1S/C2H8N2.C2H7N/c3-1-2-4;1-2-3/h1-4H2;2-3H2,1H3. The molecule has 0 aliphatic heterocycles. The van der Waals surface area contributed by atoms with E-state index in [4.69, 9.17) is 17.2 Å². The summed E-state index contributed by atoms with van der Waals surface area (Å²) in [5, 5.41) is 0. The SMILES string of the molecule is CCN.NCCN. The maximum absolute atomic E-state index is 4.90. The van der Waals surface area contributed by atoms with E-state index in [1.807, 2.05) is 6.92 Å². The summed E-state index contributed by atoms with van der Waals surface area (Å²) < 4.78 is 0. The third-order valence-corrected chi connectivity index (χ3v) is 0.167. The Morgan fingerprint density at radius 1 is 1.00 bits per heavy atom. The van der Waals surface area contributed by atoms with Crippen LogP contribution in [-0.2, 0) is 0 Å². The van der Waals surface area contributed by atoms with Crippen molar-refractivity contribution in [2.24, 2.45) is 17.2 Å². The molecule has 3 nitrogen and oxygen atoms in total. The maximum atomic E-state index is 4.90. The molecule has 0 unspecified atom stereocenters. The van der Waals surface area contributed by atoms with E-state index >= 15 is 0 Å². The molecule has 0 bridgehead atoms. The van der Waals surface area contributed by atoms with E-state index in [-0.39, 0.29) is 0 Å². The van der Waals surface area contributed by atoms with Crippen molar-refractivity contribution in [1.82, 2.24) is 0 Å². The molecule has 0 aliphatic carbocycles. The molecule has 0 rings (SSSR count). The topological polar surface area (TPSA) is 78.1 Å². The Morgan fingerprint density at radius 3 is 1.14 bits per heavy atom. The third-order valence-electron chi connectivity index (χ3n) is 0.167. The maximum Gasteiger partial charge on any atom is 0.00461 e. The largest absolute Gasteiger partial charge is 0.331 e. The zero-order valence-corrected chi connectivity index (χ0v) is 4.85. The van der Waals surface area contributed by atoms with Crippen molar-refractivity contribution in [1.29, 1.82) is 0 Å². The smallest absolute Gasteiger partial charge is 0.00461 e. The average molecular weight is 105 g/mol. The molecule has 0 atom stereocenters. The quantitative estimate of drug-likeness (QED) is 0.395. The van der Waals surface area contributed by atoms with Crippen LogP contribution in [0.25, 0.3) is 0 Å². The van der Waals surface area contributed by atoms with Gasteiger partial charge in [0.25, 0.3) is 0 Å². The Morgan fingerprint density at radius 2 is 1.14 bits per heavy atom. The Labute approximate surface area is 44.9 Å². The summed E-state index contributed by atoms with van der Waals surface area (Å²) in [5.74, 6) is 0. The predicted octanol–water partition coefficient (Wildman–Crippen LogP) is -1.13. The van der Waals surface area contributed by atoms with Crippen LogP contribution in [0.3, 0.4) is 0 Å². The van der Waals surface area contributed by atoms with Crippen molar-refractivity contribution in [2.45, 2.75) is 6.92 Å². The van der Waals surface area contributed by atoms with Crippen LogP contribution in [0.15, 0.2) is 0 Å². The highest BCUT2D eigenvalue weighted by molar-refractivity contribution is 4.26. The van der Waals surface area contributed by atoms with Crippen molar-refractivity contribution < 1.29 is 0 Å². The van der Waals surface area contributed by atoms with Crippen LogP contribution in [-0.4, -0.2) is 19.6 Å². The fraction of sp³-hybridized carbons (Fsp3) is 1.00. The first-order valence-electron chi connectivity index (χ1n) is 2.43. The second-order valence-electron chi connectivity index (χ2n) is 0.986. The Bertz CT molecular complexity index is 14.4. The average Bonchev–Trinajstić information content (AvgIpc) is 1.69. The number of rotatable bonds is 1. The zero-order chi connectivity index (χ0) is 6.12. The second kappa shape index (κ2) is 16.9. The van der Waals surface area contributed by atoms with Crippen molar-refractivity contribution in [3.05, 3.63) is 0 Å². The van der Waals surface area contributed by atoms with Crippen LogP contribution in [0.5, 0.6) is 0 Å². The van der Waals surface area contributed by atoms with Gasteiger partial charge in [-0.05, 0) is 6.54 Å². The zero-order valence-electron chi connectivity index (χ0n) is 4.85. The van der Waals surface area contributed by atoms with Gasteiger partial charge in [0.2, 0.25) is 0 Å². The molecule has 46 valence electrons. The van der Waals surface area contributed by atoms with Crippen LogP contribution >= 0.6 is 0 Å². The molecule has 0 spiro atoms. The summed E-state index contributed by atoms with van der Waals surface area (Å²) in [7, 11) is 0. The number of nitrogens with two attached hydrogens (primary N) is 3. The van der Waals surface area contributed by atoms with Gasteiger partial charge >= 0.3 is 0 Å². The van der Waals surface area contributed by atoms with Gasteiger partial charge in [-0.15, -0.1) is 0 Å². The lowest BCUT2D eigenvalue weighted by atomic mass is 10.7. The van der Waals surface area contributed by atoms with E-state index in [1.54, 1.807) is 0 Å². The summed E-state index contributed by atoms with van der Waals surface area (Å²) in [5.41, 5.74) is 14.7. The van der Waals surface area contributed by atoms with Crippen molar-refractivity contribution in [3.8, 4) is 0 Å². The van der Waals surface area contributed by atoms with Crippen LogP contribution in [0, 0.1) is 0 Å². The minimum absolute atomic E-state index is 0.597. The molecule has 0 aromatic heterocycles. The van der Waals surface area contributed by atoms with Crippen LogP contribution < -0.4 is 17.2 Å². The van der Waals surface area contributed by atoms with E-state index in [0.29, 0.717) is 13.1 Å². The van der Waals surface area contributed by atoms with E-state index in [0.717, 1.165) is 6.54 Å². The highest BCUT2D eigenvalue weighted by Crippen LogP contribution is 1.24. The van der Waals surface area contributed by atoms with E-state index in [2.05, 4.69) is 0 Å². The fourth-order valence-electron chi connectivity index (χ4n) is 0. The fourth-order valence-corrected chi connectivity index (χ4v) is 0. The van der Waals surface area contributed by atoms with Crippen LogP contribution in [0.1, 0.15) is 6.92 Å². The highest BCUT2D eigenvalue weighted by Gasteiger charge is 1.54. The molecule has 0 saturated carbocycles. The third kappa shape index (κ3) is 114. The van der Waals surface area contributed by atoms with Crippen LogP contribution in [0.2, 0.25) is 0 Å². The van der Waals surface area contributed by atoms with Crippen LogP contribution in [0.4, 0.5) is 0 Å². The molecule has 0 amide bonds. The second-order valence-corrected chi connectivity index (χ2v) is 0.986. The van der Waals surface area contributed by atoms with E-state index in [9.17, 15) is 0 Å². The summed E-state index contributed by atoms with van der Waals surface area (Å²) >= 11 is 0. The molecular formula is C4H15N3. The normalized spacial score (nSPS) is 6.86. The lowest BCUT2D eigenvalue weighted by molar-refractivity contribution is 0.976. The molecule has 0 aromatic carbocycles. The Hall–Kier alpha value is -0.120. The Balaban J connectivity index is 0. The van der Waals surface area contributed by atoms with Gasteiger partial charge in [-0.2, -0.15) is 0 Å². The van der Waals surface area contributed by atoms with Gasteiger partial charge in [-0.25, -0.2) is 0 Å². The molecule has 0 saturated heterocycles. The molecule has 0 radical (unpaired) electrons. The van der Waals surface area contributed by atoms with Gasteiger partial charge in [0, 0.05) is 13.1 Å². The molecule has 0 heterocycles. The first-order chi connectivity index (χ1) is 3.33. The van der Waals surface area contributed by atoms with Crippen molar-refractivity contribution in [3.63, 3.8) is 0 Å². The summed E-state index contributed by atoms with van der Waals surface area (Å²) in [6.45, 7) is 3.85. The molecule has 0 fully saturated rings. The Kier molecular flexibility index (Phi) is 24.1. The predicted molar refractivity (Wildman–Crippen MR) is 32.8 cm³/mol. The lowest BCUT2D eigenvalue weighted by Crippen LogP contribution is -2.11. The number of hydrogen-bond donors (Lipinski definition) is 3. The minimum Gasteiger partial charge on any atom is -0.331 e. The first kappa shape index (κ1) is 9.99. The van der Waals surface area contributed by atoms with Gasteiger partial charge in [0.15, 0.2) is 0 Å². The minimum atomic E-state index is 0.597. The summed E-state index contributed by atoms with van der Waals surface area (Å²) in [4.78, 5) is 0. The van der Waals surface area contributed by atoms with Gasteiger partial charge in [-0.1, -0.05) is 6.92 Å². The molecular weight excluding hydrogens is 90.1 g/mol. The highest BCUT2D eigenvalue weighted by atomic mass is 14.6. The van der Waals surface area contributed by atoms with Gasteiger partial charge in [0.1, 0.15) is 0 Å². The van der Waals surface area contributed by atoms with Crippen molar-refractivity contribution >= 4 is 0 Å². The van der Waals surface area contributed by atoms with Gasteiger partial charge < -0.3 is 17.2 Å². The molecule has 7 heavy (non-hydrogen) atoms. The molecule has 6 N–H and O–H groups in total. The monoisotopic (exact) mass is 105 g/mol.